The summed E-state index contributed by atoms with van der Waals surface area (Å²) < 4.78 is 42.2. The molecule has 0 aliphatic carbocycles. The van der Waals surface area contributed by atoms with Crippen molar-refractivity contribution < 1.29 is 22.3 Å². The normalized spacial score (nSPS) is 11.3. The van der Waals surface area contributed by atoms with Gasteiger partial charge in [-0.25, -0.2) is 22.7 Å². The fraction of sp³-hybridized carbons (Fsp3) is 0.115. The maximum absolute atomic E-state index is 13.6. The predicted octanol–water partition coefficient (Wildman–Crippen LogP) is 4.02. The van der Waals surface area contributed by atoms with Crippen molar-refractivity contribution in [3.8, 4) is 22.3 Å². The molecule has 4 rings (SSSR count). The molecule has 35 heavy (non-hydrogen) atoms. The van der Waals surface area contributed by atoms with Crippen molar-refractivity contribution in [1.82, 2.24) is 10.2 Å². The highest BCUT2D eigenvalue weighted by molar-refractivity contribution is 7.90. The molecule has 0 atom stereocenters. The zero-order chi connectivity index (χ0) is 25.2. The zero-order valence-corrected chi connectivity index (χ0v) is 19.7. The molecule has 0 aliphatic rings. The summed E-state index contributed by atoms with van der Waals surface area (Å²) in [4.78, 5) is 24.8. The number of H-pyrrole nitrogens is 1. The summed E-state index contributed by atoms with van der Waals surface area (Å²) in [7, 11) is -2.11. The van der Waals surface area contributed by atoms with Crippen LogP contribution >= 0.6 is 0 Å². The van der Waals surface area contributed by atoms with E-state index in [0.717, 1.165) is 11.8 Å². The summed E-state index contributed by atoms with van der Waals surface area (Å²) in [6.45, 7) is 0. The summed E-state index contributed by atoms with van der Waals surface area (Å²) in [5.41, 5.74) is 3.11. The third-order valence-electron chi connectivity index (χ3n) is 5.51. The van der Waals surface area contributed by atoms with Crippen molar-refractivity contribution in [3.05, 3.63) is 106 Å². The molecular formula is C26H21FN2O5S. The van der Waals surface area contributed by atoms with Crippen LogP contribution < -0.4 is 5.56 Å². The third kappa shape index (κ3) is 5.20. The van der Waals surface area contributed by atoms with E-state index in [2.05, 4.69) is 10.2 Å². The molecule has 3 aromatic carbocycles. The van der Waals surface area contributed by atoms with Crippen LogP contribution in [0.15, 0.2) is 82.5 Å². The maximum atomic E-state index is 13.6. The van der Waals surface area contributed by atoms with E-state index in [1.165, 1.54) is 43.5 Å². The SMILES string of the molecule is COC(=O)c1ccc(Cc2n[nH]c(=O)c(-c3ccc(F)cc3)c2-c2ccc(S(C)(=O)=O)cc2)cc1. The molecule has 0 amide bonds. The number of rotatable bonds is 6. The van der Waals surface area contributed by atoms with Crippen LogP contribution in [-0.2, 0) is 21.0 Å². The fourth-order valence-corrected chi connectivity index (χ4v) is 4.39. The molecule has 178 valence electrons. The van der Waals surface area contributed by atoms with Gasteiger partial charge in [0, 0.05) is 18.2 Å². The van der Waals surface area contributed by atoms with Crippen LogP contribution in [0.25, 0.3) is 22.3 Å². The van der Waals surface area contributed by atoms with Gasteiger partial charge in [0.15, 0.2) is 9.84 Å². The standard InChI is InChI=1S/C26H21FN2O5S/c1-34-26(31)19-5-3-16(4-6-19)15-22-23(17-9-13-21(14-10-17)35(2,32)33)24(25(30)29-28-22)18-7-11-20(27)12-8-18/h3-14H,15H2,1-2H3,(H,29,30). The first kappa shape index (κ1) is 24.0. The number of carbonyl (C=O) groups is 1. The fourth-order valence-electron chi connectivity index (χ4n) is 3.76. The molecule has 0 fully saturated rings. The lowest BCUT2D eigenvalue weighted by Crippen LogP contribution is -2.16. The van der Waals surface area contributed by atoms with Gasteiger partial charge in [-0.15, -0.1) is 0 Å². The minimum Gasteiger partial charge on any atom is -0.465 e. The van der Waals surface area contributed by atoms with Gasteiger partial charge in [0.05, 0.1) is 28.8 Å². The zero-order valence-electron chi connectivity index (χ0n) is 18.9. The second-order valence-electron chi connectivity index (χ2n) is 7.92. The van der Waals surface area contributed by atoms with E-state index in [9.17, 15) is 22.4 Å². The predicted molar refractivity (Wildman–Crippen MR) is 129 cm³/mol. The molecule has 9 heteroatoms. The van der Waals surface area contributed by atoms with E-state index in [1.807, 2.05) is 0 Å². The molecule has 0 unspecified atom stereocenters. The van der Waals surface area contributed by atoms with Crippen molar-refractivity contribution in [2.45, 2.75) is 11.3 Å². The first-order valence-electron chi connectivity index (χ1n) is 10.5. The molecule has 0 aliphatic heterocycles. The lowest BCUT2D eigenvalue weighted by molar-refractivity contribution is 0.0600. The second kappa shape index (κ2) is 9.63. The molecule has 0 bridgehead atoms. The smallest absolute Gasteiger partial charge is 0.337 e. The number of benzene rings is 3. The highest BCUT2D eigenvalue weighted by Gasteiger charge is 2.19. The lowest BCUT2D eigenvalue weighted by atomic mass is 9.92. The van der Waals surface area contributed by atoms with E-state index >= 15 is 0 Å². The highest BCUT2D eigenvalue weighted by atomic mass is 32.2. The van der Waals surface area contributed by atoms with Crippen molar-refractivity contribution in [2.75, 3.05) is 13.4 Å². The average Bonchev–Trinajstić information content (AvgIpc) is 2.85. The van der Waals surface area contributed by atoms with E-state index in [4.69, 9.17) is 4.74 Å². The molecule has 0 spiro atoms. The third-order valence-corrected chi connectivity index (χ3v) is 6.64. The molecule has 1 heterocycles. The van der Waals surface area contributed by atoms with Crippen LogP contribution in [0.1, 0.15) is 21.6 Å². The molecule has 4 aromatic rings. The minimum atomic E-state index is -3.41. The summed E-state index contributed by atoms with van der Waals surface area (Å²) in [6, 6.07) is 18.5. The molecule has 1 N–H and O–H groups in total. The van der Waals surface area contributed by atoms with Crippen LogP contribution in [0.5, 0.6) is 0 Å². The average molecular weight is 493 g/mol. The quantitative estimate of drug-likeness (QED) is 0.408. The topological polar surface area (TPSA) is 106 Å². The Morgan fingerprint density at radius 1 is 0.914 bits per heavy atom. The number of carbonyl (C=O) groups excluding carboxylic acids is 1. The second-order valence-corrected chi connectivity index (χ2v) is 9.93. The first-order valence-corrected chi connectivity index (χ1v) is 12.4. The van der Waals surface area contributed by atoms with Gasteiger partial charge in [-0.2, -0.15) is 5.10 Å². The molecule has 0 saturated heterocycles. The first-order chi connectivity index (χ1) is 16.7. The summed E-state index contributed by atoms with van der Waals surface area (Å²) >= 11 is 0. The largest absolute Gasteiger partial charge is 0.465 e. The number of sulfone groups is 1. The van der Waals surface area contributed by atoms with Gasteiger partial charge in [-0.05, 0) is 53.1 Å². The molecular weight excluding hydrogens is 471 g/mol. The van der Waals surface area contributed by atoms with Gasteiger partial charge >= 0.3 is 5.97 Å². The van der Waals surface area contributed by atoms with Crippen molar-refractivity contribution in [1.29, 1.82) is 0 Å². The number of esters is 1. The summed E-state index contributed by atoms with van der Waals surface area (Å²) in [5, 5.41) is 6.79. The van der Waals surface area contributed by atoms with Gasteiger partial charge < -0.3 is 4.74 Å². The van der Waals surface area contributed by atoms with E-state index < -0.39 is 27.2 Å². The molecule has 7 nitrogen and oxygen atoms in total. The van der Waals surface area contributed by atoms with E-state index in [0.29, 0.717) is 34.4 Å². The monoisotopic (exact) mass is 492 g/mol. The number of nitrogens with zero attached hydrogens (tertiary/aromatic N) is 1. The molecule has 1 aromatic heterocycles. The van der Waals surface area contributed by atoms with Crippen molar-refractivity contribution in [2.24, 2.45) is 0 Å². The number of aromatic nitrogens is 2. The van der Waals surface area contributed by atoms with Crippen molar-refractivity contribution >= 4 is 15.8 Å². The Morgan fingerprint density at radius 2 is 1.49 bits per heavy atom. The number of hydrogen-bond acceptors (Lipinski definition) is 6. The molecule has 0 radical (unpaired) electrons. The van der Waals surface area contributed by atoms with Gasteiger partial charge in [0.25, 0.3) is 5.56 Å². The minimum absolute atomic E-state index is 0.141. The Hall–Kier alpha value is -4.11. The van der Waals surface area contributed by atoms with E-state index in [-0.39, 0.29) is 10.5 Å². The van der Waals surface area contributed by atoms with E-state index in [1.54, 1.807) is 36.4 Å². The lowest BCUT2D eigenvalue weighted by Gasteiger charge is -2.15. The maximum Gasteiger partial charge on any atom is 0.337 e. The number of ether oxygens (including phenoxy) is 1. The summed E-state index contributed by atoms with van der Waals surface area (Å²) in [6.07, 6.45) is 1.42. The Balaban J connectivity index is 1.88. The Morgan fingerprint density at radius 3 is 2.06 bits per heavy atom. The van der Waals surface area contributed by atoms with Gasteiger partial charge in [-0.3, -0.25) is 4.79 Å². The van der Waals surface area contributed by atoms with Crippen LogP contribution in [0.2, 0.25) is 0 Å². The number of nitrogens with one attached hydrogen (secondary N) is 1. The number of aromatic amines is 1. The number of hydrogen-bond donors (Lipinski definition) is 1. The van der Waals surface area contributed by atoms with Crippen LogP contribution in [-0.4, -0.2) is 38.0 Å². The van der Waals surface area contributed by atoms with Crippen LogP contribution in [0.4, 0.5) is 4.39 Å². The molecule has 0 saturated carbocycles. The number of methoxy groups -OCH3 is 1. The summed E-state index contributed by atoms with van der Waals surface area (Å²) in [5.74, 6) is -0.895. The van der Waals surface area contributed by atoms with Gasteiger partial charge in [0.2, 0.25) is 0 Å². The Labute approximate surface area is 201 Å². The van der Waals surface area contributed by atoms with Crippen LogP contribution in [0, 0.1) is 5.82 Å². The Kier molecular flexibility index (Phi) is 6.61. The van der Waals surface area contributed by atoms with Crippen LogP contribution in [0.3, 0.4) is 0 Å². The number of halogens is 1. The van der Waals surface area contributed by atoms with Gasteiger partial charge in [0.1, 0.15) is 5.82 Å². The van der Waals surface area contributed by atoms with Gasteiger partial charge in [-0.1, -0.05) is 36.4 Å². The highest BCUT2D eigenvalue weighted by Crippen LogP contribution is 2.33. The van der Waals surface area contributed by atoms with Crippen molar-refractivity contribution in [3.63, 3.8) is 0 Å². The Bertz CT molecular complexity index is 1540.